The van der Waals surface area contributed by atoms with Gasteiger partial charge in [-0.15, -0.1) is 11.3 Å². The number of hydrogen-bond donors (Lipinski definition) is 3. The average molecular weight is 434 g/mol. The summed E-state index contributed by atoms with van der Waals surface area (Å²) in [5.74, 6) is -0.549. The van der Waals surface area contributed by atoms with Crippen LogP contribution in [0.3, 0.4) is 0 Å². The number of rotatable bonds is 4. The molecule has 3 N–H and O–H groups in total. The quantitative estimate of drug-likeness (QED) is 0.639. The minimum absolute atomic E-state index is 0.00594. The average Bonchev–Trinajstić information content (AvgIpc) is 3.26. The van der Waals surface area contributed by atoms with Gasteiger partial charge in [0.05, 0.1) is 28.7 Å². The smallest absolute Gasteiger partial charge is 0.411 e. The van der Waals surface area contributed by atoms with E-state index >= 15 is 0 Å². The summed E-state index contributed by atoms with van der Waals surface area (Å²) >= 11 is 1.53. The van der Waals surface area contributed by atoms with E-state index in [1.807, 2.05) is 19.1 Å². The standard InChI is InChI=1S/C21H27N3O5S/c1-12-17(30-11-22-12)13-5-7-14(8-6-13)18(26)23-19(27)16-9-15(25)10-24(16)20(28)29-21(2,3)4/h5-8,11,15-16,18,25-26H,9-10H2,1-4H3,(H,23,27)/t15?,16-,18?/m0/s1. The third kappa shape index (κ3) is 5.16. The monoisotopic (exact) mass is 433 g/mol. The van der Waals surface area contributed by atoms with Crippen molar-refractivity contribution in [3.8, 4) is 10.4 Å². The molecule has 1 aliphatic rings. The van der Waals surface area contributed by atoms with Crippen LogP contribution in [0.15, 0.2) is 29.8 Å². The number of carbonyl (C=O) groups is 2. The minimum Gasteiger partial charge on any atom is -0.444 e. The predicted molar refractivity (Wildman–Crippen MR) is 113 cm³/mol. The van der Waals surface area contributed by atoms with E-state index < -0.39 is 36.0 Å². The van der Waals surface area contributed by atoms with Gasteiger partial charge >= 0.3 is 6.09 Å². The van der Waals surface area contributed by atoms with E-state index in [0.29, 0.717) is 5.56 Å². The Hall–Kier alpha value is -2.49. The molecule has 0 radical (unpaired) electrons. The topological polar surface area (TPSA) is 112 Å². The molecule has 3 rings (SSSR count). The van der Waals surface area contributed by atoms with E-state index in [1.54, 1.807) is 38.4 Å². The highest BCUT2D eigenvalue weighted by molar-refractivity contribution is 7.13. The van der Waals surface area contributed by atoms with Crippen molar-refractivity contribution in [3.05, 3.63) is 41.0 Å². The summed E-state index contributed by atoms with van der Waals surface area (Å²) in [6, 6.07) is 6.27. The molecule has 8 nitrogen and oxygen atoms in total. The Morgan fingerprint density at radius 2 is 1.97 bits per heavy atom. The molecule has 2 heterocycles. The van der Waals surface area contributed by atoms with Crippen LogP contribution in [0.5, 0.6) is 0 Å². The van der Waals surface area contributed by atoms with Gasteiger partial charge in [-0.05, 0) is 33.3 Å². The number of nitrogens with one attached hydrogen (secondary N) is 1. The van der Waals surface area contributed by atoms with Crippen LogP contribution < -0.4 is 5.32 Å². The number of nitrogens with zero attached hydrogens (tertiary/aromatic N) is 2. The first-order valence-corrected chi connectivity index (χ1v) is 10.6. The van der Waals surface area contributed by atoms with Crippen molar-refractivity contribution in [2.24, 2.45) is 0 Å². The SMILES string of the molecule is Cc1ncsc1-c1ccc(C(O)NC(=O)[C@@H]2CC(O)CN2C(=O)OC(C)(C)C)cc1. The van der Waals surface area contributed by atoms with Gasteiger partial charge in [0.2, 0.25) is 5.91 Å². The van der Waals surface area contributed by atoms with Gasteiger partial charge in [-0.2, -0.15) is 0 Å². The second-order valence-corrected chi connectivity index (χ2v) is 9.19. The third-order valence-corrected chi connectivity index (χ3v) is 5.70. The number of carbonyl (C=O) groups excluding carboxylic acids is 2. The molecule has 1 aromatic carbocycles. The fraction of sp³-hybridized carbons (Fsp3) is 0.476. The normalized spacial score (nSPS) is 20.1. The summed E-state index contributed by atoms with van der Waals surface area (Å²) < 4.78 is 5.33. The van der Waals surface area contributed by atoms with Crippen LogP contribution in [0.1, 0.15) is 44.7 Å². The molecule has 3 atom stereocenters. The number of thiazole rings is 1. The van der Waals surface area contributed by atoms with Crippen molar-refractivity contribution < 1.29 is 24.5 Å². The lowest BCUT2D eigenvalue weighted by atomic mass is 10.1. The van der Waals surface area contributed by atoms with E-state index in [-0.39, 0.29) is 13.0 Å². The van der Waals surface area contributed by atoms with Gasteiger partial charge in [-0.1, -0.05) is 24.3 Å². The number of aliphatic hydroxyl groups excluding tert-OH is 2. The molecule has 1 aromatic heterocycles. The molecule has 1 fully saturated rings. The maximum atomic E-state index is 12.7. The third-order valence-electron chi connectivity index (χ3n) is 4.72. The van der Waals surface area contributed by atoms with E-state index in [2.05, 4.69) is 10.3 Å². The zero-order valence-corrected chi connectivity index (χ0v) is 18.3. The van der Waals surface area contributed by atoms with Crippen molar-refractivity contribution in [1.29, 1.82) is 0 Å². The molecule has 0 aliphatic carbocycles. The summed E-state index contributed by atoms with van der Waals surface area (Å²) in [5.41, 5.74) is 3.48. The number of aromatic nitrogens is 1. The number of amides is 2. The highest BCUT2D eigenvalue weighted by atomic mass is 32.1. The van der Waals surface area contributed by atoms with Crippen molar-refractivity contribution in [1.82, 2.24) is 15.2 Å². The van der Waals surface area contributed by atoms with Gasteiger partial charge in [-0.3, -0.25) is 9.69 Å². The van der Waals surface area contributed by atoms with Crippen LogP contribution in [0.2, 0.25) is 0 Å². The molecule has 162 valence electrons. The molecule has 2 amide bonds. The molecule has 0 bridgehead atoms. The Bertz CT molecular complexity index is 906. The summed E-state index contributed by atoms with van der Waals surface area (Å²) in [4.78, 5) is 31.6. The zero-order valence-electron chi connectivity index (χ0n) is 17.5. The molecule has 9 heteroatoms. The van der Waals surface area contributed by atoms with E-state index in [0.717, 1.165) is 16.1 Å². The Morgan fingerprint density at radius 1 is 1.30 bits per heavy atom. The Morgan fingerprint density at radius 3 is 2.53 bits per heavy atom. The van der Waals surface area contributed by atoms with Gasteiger partial charge in [0.1, 0.15) is 11.6 Å². The zero-order chi connectivity index (χ0) is 22.1. The number of aliphatic hydroxyl groups is 2. The van der Waals surface area contributed by atoms with Gasteiger partial charge in [-0.25, -0.2) is 9.78 Å². The number of ether oxygens (including phenoxy) is 1. The molecule has 30 heavy (non-hydrogen) atoms. The van der Waals surface area contributed by atoms with E-state index in [4.69, 9.17) is 4.74 Å². The second-order valence-electron chi connectivity index (χ2n) is 8.34. The lowest BCUT2D eigenvalue weighted by Crippen LogP contribution is -2.48. The summed E-state index contributed by atoms with van der Waals surface area (Å²) in [5, 5.41) is 22.9. The van der Waals surface area contributed by atoms with Crippen molar-refractivity contribution in [2.45, 2.75) is 58.1 Å². The fourth-order valence-electron chi connectivity index (χ4n) is 3.29. The number of benzene rings is 1. The highest BCUT2D eigenvalue weighted by Crippen LogP contribution is 2.28. The number of β-amino-alcohol motifs (C(OH)–C–C–N with tert-alkyl or cyclic N) is 1. The molecule has 1 saturated heterocycles. The highest BCUT2D eigenvalue weighted by Gasteiger charge is 2.41. The first kappa shape index (κ1) is 22.2. The maximum absolute atomic E-state index is 12.7. The molecule has 0 saturated carbocycles. The van der Waals surface area contributed by atoms with Crippen LogP contribution in [-0.4, -0.2) is 56.4 Å². The van der Waals surface area contributed by atoms with Gasteiger partial charge < -0.3 is 20.3 Å². The molecule has 2 aromatic rings. The summed E-state index contributed by atoms with van der Waals surface area (Å²) in [6.45, 7) is 7.13. The summed E-state index contributed by atoms with van der Waals surface area (Å²) in [6.07, 6.45) is -2.65. The van der Waals surface area contributed by atoms with Crippen LogP contribution >= 0.6 is 11.3 Å². The first-order chi connectivity index (χ1) is 14.0. The largest absolute Gasteiger partial charge is 0.444 e. The Kier molecular flexibility index (Phi) is 6.44. The lowest BCUT2D eigenvalue weighted by Gasteiger charge is -2.28. The molecule has 1 aliphatic heterocycles. The van der Waals surface area contributed by atoms with Crippen LogP contribution in [0.25, 0.3) is 10.4 Å². The predicted octanol–water partition coefficient (Wildman–Crippen LogP) is 2.60. The second kappa shape index (κ2) is 8.71. The number of aryl methyl sites for hydroxylation is 1. The van der Waals surface area contributed by atoms with Gasteiger partial charge in [0.15, 0.2) is 6.23 Å². The van der Waals surface area contributed by atoms with Crippen molar-refractivity contribution in [2.75, 3.05) is 6.54 Å². The molecule has 2 unspecified atom stereocenters. The van der Waals surface area contributed by atoms with Crippen molar-refractivity contribution >= 4 is 23.3 Å². The Labute approximate surface area is 179 Å². The van der Waals surface area contributed by atoms with Crippen LogP contribution in [-0.2, 0) is 9.53 Å². The number of hydrogen-bond acceptors (Lipinski definition) is 7. The molecule has 0 spiro atoms. The first-order valence-electron chi connectivity index (χ1n) is 9.71. The van der Waals surface area contributed by atoms with Crippen LogP contribution in [0.4, 0.5) is 4.79 Å². The molecular weight excluding hydrogens is 406 g/mol. The lowest BCUT2D eigenvalue weighted by molar-refractivity contribution is -0.128. The van der Waals surface area contributed by atoms with E-state index in [1.165, 1.54) is 16.2 Å². The van der Waals surface area contributed by atoms with Crippen LogP contribution in [0, 0.1) is 6.92 Å². The van der Waals surface area contributed by atoms with Gasteiger partial charge in [0, 0.05) is 12.0 Å². The maximum Gasteiger partial charge on any atom is 0.411 e. The Balaban J connectivity index is 1.66. The minimum atomic E-state index is -1.24. The molecular formula is C21H27N3O5S. The van der Waals surface area contributed by atoms with E-state index in [9.17, 15) is 19.8 Å². The van der Waals surface area contributed by atoms with Crippen molar-refractivity contribution in [3.63, 3.8) is 0 Å². The summed E-state index contributed by atoms with van der Waals surface area (Å²) in [7, 11) is 0. The number of likely N-dealkylation sites (tertiary alicyclic amines) is 1. The fourth-order valence-corrected chi connectivity index (χ4v) is 4.11. The van der Waals surface area contributed by atoms with Gasteiger partial charge in [0.25, 0.3) is 0 Å².